The SMILES string of the molecule is C1=Cc2cc3ccc(cc4nc(oc5[nH+]c(cc1n2)C=C5)C=C4)[nH]3. The van der Waals surface area contributed by atoms with Gasteiger partial charge in [-0.25, -0.2) is 9.97 Å². The summed E-state index contributed by atoms with van der Waals surface area (Å²) in [5.41, 5.74) is 5.58. The van der Waals surface area contributed by atoms with Gasteiger partial charge in [0.25, 0.3) is 0 Å². The standard InChI is InChI=1S/C19H12N4O/c1-3-14-10-16-5-7-18(22-16)24-19-8-6-17(23-19)11-15-4-2-13(21-15)9-12(1)20-14/h1-11,20H/p+1. The second kappa shape index (κ2) is 5.03. The average Bonchev–Trinajstić information content (AvgIpc) is 3.32. The molecule has 2 N–H and O–H groups in total. The zero-order chi connectivity index (χ0) is 15.9. The number of H-pyrrole nitrogens is 2. The molecule has 114 valence electrons. The van der Waals surface area contributed by atoms with Crippen molar-refractivity contribution in [2.24, 2.45) is 0 Å². The summed E-state index contributed by atoms with van der Waals surface area (Å²) in [7, 11) is 0. The molecular weight excluding hydrogens is 300 g/mol. The topological polar surface area (TPSA) is 68.8 Å². The van der Waals surface area contributed by atoms with Crippen LogP contribution in [0.4, 0.5) is 0 Å². The van der Waals surface area contributed by atoms with E-state index in [4.69, 9.17) is 4.42 Å². The number of rotatable bonds is 0. The van der Waals surface area contributed by atoms with E-state index in [1.807, 2.05) is 66.8 Å². The Balaban J connectivity index is 1.83. The van der Waals surface area contributed by atoms with Crippen LogP contribution in [0.2, 0.25) is 0 Å². The first-order valence-corrected chi connectivity index (χ1v) is 7.68. The lowest BCUT2D eigenvalue weighted by Crippen LogP contribution is -2.04. The molecule has 3 aliphatic rings. The third-order valence-electron chi connectivity index (χ3n) is 3.86. The number of fused-ring (bicyclic) bond motifs is 8. The van der Waals surface area contributed by atoms with Crippen molar-refractivity contribution in [3.05, 3.63) is 64.9 Å². The molecule has 0 atom stereocenters. The molecule has 0 saturated carbocycles. The highest BCUT2D eigenvalue weighted by Crippen LogP contribution is 2.16. The van der Waals surface area contributed by atoms with Gasteiger partial charge in [0.15, 0.2) is 0 Å². The van der Waals surface area contributed by atoms with Crippen molar-refractivity contribution in [3.63, 3.8) is 0 Å². The Morgan fingerprint density at radius 1 is 0.750 bits per heavy atom. The lowest BCUT2D eigenvalue weighted by atomic mass is 10.3. The first-order valence-electron chi connectivity index (χ1n) is 7.68. The second-order valence-electron chi connectivity index (χ2n) is 5.69. The van der Waals surface area contributed by atoms with Crippen molar-refractivity contribution in [3.8, 4) is 0 Å². The largest absolute Gasteiger partial charge is 0.386 e. The molecule has 0 fully saturated rings. The molecule has 0 unspecified atom stereocenters. The van der Waals surface area contributed by atoms with Crippen LogP contribution < -0.4 is 4.98 Å². The molecule has 5 heterocycles. The van der Waals surface area contributed by atoms with Gasteiger partial charge in [-0.2, -0.15) is 4.98 Å². The van der Waals surface area contributed by atoms with Gasteiger partial charge in [-0.1, -0.05) is 0 Å². The molecule has 0 spiro atoms. The fourth-order valence-electron chi connectivity index (χ4n) is 2.77. The van der Waals surface area contributed by atoms with Crippen molar-refractivity contribution in [1.82, 2.24) is 15.0 Å². The second-order valence-corrected chi connectivity index (χ2v) is 5.69. The Bertz CT molecular complexity index is 1030. The number of nitrogens with zero attached hydrogens (tertiary/aromatic N) is 2. The molecule has 0 aromatic carbocycles. The predicted octanol–water partition coefficient (Wildman–Crippen LogP) is 3.63. The summed E-state index contributed by atoms with van der Waals surface area (Å²) < 4.78 is 5.77. The van der Waals surface area contributed by atoms with Crippen LogP contribution in [0.1, 0.15) is 34.6 Å². The van der Waals surface area contributed by atoms with Crippen LogP contribution in [0.25, 0.3) is 47.5 Å². The van der Waals surface area contributed by atoms with Gasteiger partial charge < -0.3 is 9.40 Å². The minimum Gasteiger partial charge on any atom is -0.386 e. The number of nitrogens with one attached hydrogen (secondary N) is 2. The van der Waals surface area contributed by atoms with Gasteiger partial charge in [0.05, 0.1) is 23.2 Å². The first kappa shape index (κ1) is 13.0. The molecule has 0 radical (unpaired) electrons. The molecule has 2 aromatic heterocycles. The van der Waals surface area contributed by atoms with Crippen LogP contribution in [0, 0.1) is 0 Å². The highest BCUT2D eigenvalue weighted by atomic mass is 16.4. The highest BCUT2D eigenvalue weighted by molar-refractivity contribution is 5.75. The van der Waals surface area contributed by atoms with Gasteiger partial charge in [0, 0.05) is 29.3 Å². The summed E-state index contributed by atoms with van der Waals surface area (Å²) in [6.07, 6.45) is 11.6. The van der Waals surface area contributed by atoms with Crippen molar-refractivity contribution in [1.29, 1.82) is 0 Å². The van der Waals surface area contributed by atoms with E-state index in [9.17, 15) is 0 Å². The van der Waals surface area contributed by atoms with Gasteiger partial charge in [-0.05, 0) is 42.5 Å². The monoisotopic (exact) mass is 313 g/mol. The maximum Gasteiger partial charge on any atom is 0.373 e. The van der Waals surface area contributed by atoms with E-state index in [1.165, 1.54) is 0 Å². The Labute approximate surface area is 137 Å². The number of hydrogen-bond donors (Lipinski definition) is 1. The Kier molecular flexibility index (Phi) is 2.72. The summed E-state index contributed by atoms with van der Waals surface area (Å²) in [5, 5.41) is 0. The Morgan fingerprint density at radius 3 is 2.29 bits per heavy atom. The van der Waals surface area contributed by atoms with E-state index in [0.29, 0.717) is 11.8 Å². The molecule has 2 aromatic rings. The van der Waals surface area contributed by atoms with E-state index in [0.717, 1.165) is 33.8 Å². The fourth-order valence-corrected chi connectivity index (χ4v) is 2.77. The molecule has 5 nitrogen and oxygen atoms in total. The van der Waals surface area contributed by atoms with Crippen molar-refractivity contribution in [2.45, 2.75) is 0 Å². The lowest BCUT2D eigenvalue weighted by molar-refractivity contribution is -0.396. The summed E-state index contributed by atoms with van der Waals surface area (Å²) in [4.78, 5) is 15.6. The van der Waals surface area contributed by atoms with Gasteiger partial charge in [-0.3, -0.25) is 0 Å². The zero-order valence-corrected chi connectivity index (χ0v) is 12.7. The van der Waals surface area contributed by atoms with E-state index in [2.05, 4.69) is 19.9 Å². The van der Waals surface area contributed by atoms with E-state index in [1.54, 1.807) is 0 Å². The Morgan fingerprint density at radius 2 is 1.46 bits per heavy atom. The van der Waals surface area contributed by atoms with Gasteiger partial charge >= 0.3 is 5.89 Å². The number of aromatic nitrogens is 4. The minimum absolute atomic E-state index is 0.564. The summed E-state index contributed by atoms with van der Waals surface area (Å²) in [6.45, 7) is 0. The molecule has 5 heteroatoms. The van der Waals surface area contributed by atoms with E-state index >= 15 is 0 Å². The molecule has 0 amide bonds. The molecule has 3 aliphatic heterocycles. The van der Waals surface area contributed by atoms with Crippen LogP contribution in [-0.4, -0.2) is 15.0 Å². The van der Waals surface area contributed by atoms with Gasteiger partial charge in [-0.15, -0.1) is 0 Å². The third kappa shape index (κ3) is 2.42. The summed E-state index contributed by atoms with van der Waals surface area (Å²) >= 11 is 0. The quantitative estimate of drug-likeness (QED) is 0.474. The normalized spacial score (nSPS) is 13.3. The number of hydrogen-bond acceptors (Lipinski definition) is 3. The van der Waals surface area contributed by atoms with Crippen LogP contribution >= 0.6 is 0 Å². The van der Waals surface area contributed by atoms with Gasteiger partial charge in [0.2, 0.25) is 11.6 Å². The smallest absolute Gasteiger partial charge is 0.373 e. The predicted molar refractivity (Wildman–Crippen MR) is 93.6 cm³/mol. The first-order chi connectivity index (χ1) is 11.8. The maximum absolute atomic E-state index is 5.77. The maximum atomic E-state index is 5.77. The molecule has 5 rings (SSSR count). The molecule has 0 aliphatic carbocycles. The third-order valence-corrected chi connectivity index (χ3v) is 3.86. The van der Waals surface area contributed by atoms with E-state index in [-0.39, 0.29) is 0 Å². The van der Waals surface area contributed by atoms with Crippen LogP contribution in [0.5, 0.6) is 0 Å². The van der Waals surface area contributed by atoms with Gasteiger partial charge in [0.1, 0.15) is 0 Å². The fraction of sp³-hybridized carbons (Fsp3) is 0. The van der Waals surface area contributed by atoms with Crippen LogP contribution in [0.15, 0.2) is 34.7 Å². The minimum atomic E-state index is 0.564. The van der Waals surface area contributed by atoms with Crippen molar-refractivity contribution < 1.29 is 9.40 Å². The summed E-state index contributed by atoms with van der Waals surface area (Å²) in [5.74, 6) is 1.22. The van der Waals surface area contributed by atoms with Crippen LogP contribution in [-0.2, 0) is 0 Å². The zero-order valence-electron chi connectivity index (χ0n) is 12.7. The van der Waals surface area contributed by atoms with Crippen LogP contribution in [0.3, 0.4) is 0 Å². The lowest BCUT2D eigenvalue weighted by Gasteiger charge is -1.84. The van der Waals surface area contributed by atoms with Crippen molar-refractivity contribution in [2.75, 3.05) is 0 Å². The molecule has 24 heavy (non-hydrogen) atoms. The number of aromatic amines is 2. The molecule has 0 saturated heterocycles. The van der Waals surface area contributed by atoms with E-state index < -0.39 is 0 Å². The van der Waals surface area contributed by atoms with Crippen molar-refractivity contribution >= 4 is 47.5 Å². The highest BCUT2D eigenvalue weighted by Gasteiger charge is 2.10. The Hall–Kier alpha value is -3.47. The molecule has 8 bridgehead atoms. The molecular formula is C19H13N4O+. The summed E-state index contributed by atoms with van der Waals surface area (Å²) in [6, 6.07) is 10.0. The average molecular weight is 313 g/mol.